The predicted molar refractivity (Wildman–Crippen MR) is 64.4 cm³/mol. The lowest BCUT2D eigenvalue weighted by Gasteiger charge is -2.05. The van der Waals surface area contributed by atoms with Crippen LogP contribution in [0, 0.1) is 0 Å². The van der Waals surface area contributed by atoms with E-state index in [0.29, 0.717) is 6.42 Å². The van der Waals surface area contributed by atoms with E-state index in [0.717, 1.165) is 5.56 Å². The molecule has 0 spiro atoms. The number of primary amides is 1. The van der Waals surface area contributed by atoms with E-state index in [1.54, 1.807) is 11.3 Å². The molecule has 1 atom stereocenters. The van der Waals surface area contributed by atoms with Crippen LogP contribution < -0.4 is 5.73 Å². The summed E-state index contributed by atoms with van der Waals surface area (Å²) in [6.07, 6.45) is 0.489. The molecule has 0 bridgehead atoms. The fraction of sp³-hybridized carbons (Fsp3) is 0.182. The first-order chi connectivity index (χ1) is 7.16. The highest BCUT2D eigenvalue weighted by atomic mass is 35.5. The zero-order valence-corrected chi connectivity index (χ0v) is 9.52. The smallest absolute Gasteiger partial charge is 0.235 e. The number of thiophene rings is 1. The van der Waals surface area contributed by atoms with Crippen LogP contribution in [0.1, 0.15) is 5.56 Å². The minimum atomic E-state index is -0.624. The van der Waals surface area contributed by atoms with Gasteiger partial charge in [-0.1, -0.05) is 12.1 Å². The fourth-order valence-corrected chi connectivity index (χ4v) is 2.40. The van der Waals surface area contributed by atoms with Crippen molar-refractivity contribution in [3.8, 4) is 0 Å². The number of carbonyl (C=O) groups excluding carboxylic acids is 1. The minimum absolute atomic E-state index is 0.470. The Bertz CT molecular complexity index is 494. The largest absolute Gasteiger partial charge is 0.368 e. The van der Waals surface area contributed by atoms with Crippen LogP contribution in [0.15, 0.2) is 29.6 Å². The monoisotopic (exact) mass is 239 g/mol. The van der Waals surface area contributed by atoms with Crippen LogP contribution in [-0.2, 0) is 11.2 Å². The van der Waals surface area contributed by atoms with Crippen molar-refractivity contribution in [3.05, 3.63) is 35.2 Å². The van der Waals surface area contributed by atoms with E-state index in [1.165, 1.54) is 10.1 Å². The van der Waals surface area contributed by atoms with Gasteiger partial charge in [0.2, 0.25) is 5.91 Å². The number of hydrogen-bond donors (Lipinski definition) is 1. The van der Waals surface area contributed by atoms with Crippen LogP contribution in [0.2, 0.25) is 0 Å². The summed E-state index contributed by atoms with van der Waals surface area (Å²) < 4.78 is 1.24. The van der Waals surface area contributed by atoms with Gasteiger partial charge in [-0.2, -0.15) is 0 Å². The van der Waals surface area contributed by atoms with E-state index in [1.807, 2.05) is 23.6 Å². The lowest BCUT2D eigenvalue weighted by atomic mass is 10.1. The van der Waals surface area contributed by atoms with E-state index in [4.69, 9.17) is 17.3 Å². The maximum Gasteiger partial charge on any atom is 0.235 e. The van der Waals surface area contributed by atoms with Crippen molar-refractivity contribution >= 4 is 38.9 Å². The molecule has 0 aliphatic heterocycles. The summed E-state index contributed by atoms with van der Waals surface area (Å²) in [7, 11) is 0. The first kappa shape index (κ1) is 10.5. The molecule has 1 unspecified atom stereocenters. The summed E-state index contributed by atoms with van der Waals surface area (Å²) in [6, 6.07) is 8.12. The number of fused-ring (bicyclic) bond motifs is 1. The van der Waals surface area contributed by atoms with Gasteiger partial charge in [0.25, 0.3) is 0 Å². The fourth-order valence-electron chi connectivity index (χ4n) is 1.45. The normalized spacial score (nSPS) is 12.9. The topological polar surface area (TPSA) is 43.1 Å². The molecule has 0 fully saturated rings. The number of nitrogens with two attached hydrogens (primary N) is 1. The van der Waals surface area contributed by atoms with Gasteiger partial charge in [0, 0.05) is 4.70 Å². The summed E-state index contributed by atoms with van der Waals surface area (Å²) in [5.74, 6) is -0.470. The summed E-state index contributed by atoms with van der Waals surface area (Å²) in [4.78, 5) is 10.8. The van der Waals surface area contributed by atoms with E-state index < -0.39 is 11.3 Å². The molecule has 4 heteroatoms. The van der Waals surface area contributed by atoms with Crippen molar-refractivity contribution in [2.75, 3.05) is 0 Å². The summed E-state index contributed by atoms with van der Waals surface area (Å²) in [5.41, 5.74) is 6.15. The Kier molecular flexibility index (Phi) is 2.93. The van der Waals surface area contributed by atoms with Crippen LogP contribution in [0.5, 0.6) is 0 Å². The number of hydrogen-bond acceptors (Lipinski definition) is 2. The van der Waals surface area contributed by atoms with Crippen molar-refractivity contribution < 1.29 is 4.79 Å². The molecule has 0 aliphatic rings. The predicted octanol–water partition coefficient (Wildman–Crippen LogP) is 2.54. The summed E-state index contributed by atoms with van der Waals surface area (Å²) >= 11 is 7.50. The first-order valence-electron chi connectivity index (χ1n) is 4.56. The number of alkyl halides is 1. The van der Waals surface area contributed by atoms with Crippen LogP contribution in [0.4, 0.5) is 0 Å². The van der Waals surface area contributed by atoms with Crippen molar-refractivity contribution in [1.29, 1.82) is 0 Å². The quantitative estimate of drug-likeness (QED) is 0.822. The van der Waals surface area contributed by atoms with Crippen LogP contribution >= 0.6 is 22.9 Å². The van der Waals surface area contributed by atoms with E-state index >= 15 is 0 Å². The minimum Gasteiger partial charge on any atom is -0.368 e. The molecule has 0 saturated heterocycles. The summed E-state index contributed by atoms with van der Waals surface area (Å²) in [5, 5.41) is 2.60. The second-order valence-electron chi connectivity index (χ2n) is 3.37. The van der Waals surface area contributed by atoms with Crippen LogP contribution in [0.3, 0.4) is 0 Å². The van der Waals surface area contributed by atoms with Gasteiger partial charge in [-0.25, -0.2) is 0 Å². The molecule has 1 aromatic heterocycles. The molecule has 0 saturated carbocycles. The molecule has 1 heterocycles. The van der Waals surface area contributed by atoms with Crippen molar-refractivity contribution in [1.82, 2.24) is 0 Å². The molecular weight excluding hydrogens is 230 g/mol. The van der Waals surface area contributed by atoms with E-state index in [-0.39, 0.29) is 0 Å². The molecule has 1 amide bonds. The van der Waals surface area contributed by atoms with Gasteiger partial charge in [-0.3, -0.25) is 4.79 Å². The van der Waals surface area contributed by atoms with Gasteiger partial charge >= 0.3 is 0 Å². The highest BCUT2D eigenvalue weighted by Gasteiger charge is 2.12. The van der Waals surface area contributed by atoms with Gasteiger partial charge in [-0.05, 0) is 34.9 Å². The average molecular weight is 240 g/mol. The Morgan fingerprint density at radius 1 is 1.47 bits per heavy atom. The molecular formula is C11H10ClNOS. The highest BCUT2D eigenvalue weighted by molar-refractivity contribution is 7.17. The third kappa shape index (κ3) is 2.30. The van der Waals surface area contributed by atoms with Crippen LogP contribution in [0.25, 0.3) is 10.1 Å². The standard InChI is InChI=1S/C11H10ClNOS/c12-9(11(13)14)6-7-1-2-10-8(5-7)3-4-15-10/h1-5,9H,6H2,(H2,13,14). The van der Waals surface area contributed by atoms with Crippen molar-refractivity contribution in [2.24, 2.45) is 5.73 Å². The zero-order valence-electron chi connectivity index (χ0n) is 7.94. The second kappa shape index (κ2) is 4.21. The number of halogens is 1. The molecule has 15 heavy (non-hydrogen) atoms. The van der Waals surface area contributed by atoms with Gasteiger partial charge in [0.15, 0.2) is 0 Å². The first-order valence-corrected chi connectivity index (χ1v) is 5.88. The van der Waals surface area contributed by atoms with Crippen molar-refractivity contribution in [2.45, 2.75) is 11.8 Å². The number of benzene rings is 1. The molecule has 2 nitrogen and oxygen atoms in total. The van der Waals surface area contributed by atoms with Gasteiger partial charge in [0.1, 0.15) is 5.38 Å². The highest BCUT2D eigenvalue weighted by Crippen LogP contribution is 2.22. The Morgan fingerprint density at radius 3 is 3.00 bits per heavy atom. The SMILES string of the molecule is NC(=O)C(Cl)Cc1ccc2sccc2c1. The Balaban J connectivity index is 2.24. The average Bonchev–Trinajstić information content (AvgIpc) is 2.64. The van der Waals surface area contributed by atoms with E-state index in [9.17, 15) is 4.79 Å². The number of amides is 1. The second-order valence-corrected chi connectivity index (χ2v) is 4.84. The van der Waals surface area contributed by atoms with E-state index in [2.05, 4.69) is 6.07 Å². The summed E-state index contributed by atoms with van der Waals surface area (Å²) in [6.45, 7) is 0. The third-order valence-corrected chi connectivity index (χ3v) is 3.51. The molecule has 0 radical (unpaired) electrons. The van der Waals surface area contributed by atoms with Gasteiger partial charge < -0.3 is 5.73 Å². The molecule has 2 N–H and O–H groups in total. The maximum atomic E-state index is 10.8. The molecule has 2 aromatic rings. The van der Waals surface area contributed by atoms with Gasteiger partial charge in [0.05, 0.1) is 0 Å². The van der Waals surface area contributed by atoms with Gasteiger partial charge in [-0.15, -0.1) is 22.9 Å². The Morgan fingerprint density at radius 2 is 2.27 bits per heavy atom. The molecule has 0 aliphatic carbocycles. The lowest BCUT2D eigenvalue weighted by molar-refractivity contribution is -0.117. The number of rotatable bonds is 3. The third-order valence-electron chi connectivity index (χ3n) is 2.24. The zero-order chi connectivity index (χ0) is 10.8. The Labute approximate surface area is 96.7 Å². The molecule has 2 rings (SSSR count). The van der Waals surface area contributed by atoms with Crippen LogP contribution in [-0.4, -0.2) is 11.3 Å². The maximum absolute atomic E-state index is 10.8. The molecule has 78 valence electrons. The Hall–Kier alpha value is -1.06. The lowest BCUT2D eigenvalue weighted by Crippen LogP contribution is -2.25. The molecule has 1 aromatic carbocycles. The number of carbonyl (C=O) groups is 1. The van der Waals surface area contributed by atoms with Crippen molar-refractivity contribution in [3.63, 3.8) is 0 Å².